The summed E-state index contributed by atoms with van der Waals surface area (Å²) in [5, 5.41) is 8.90. The number of aliphatic carboxylic acids is 1. The fourth-order valence-electron chi connectivity index (χ4n) is 1.33. The number of carboxylic acid groups (broad SMARTS) is 1. The summed E-state index contributed by atoms with van der Waals surface area (Å²) in [6.45, 7) is 4.47. The van der Waals surface area contributed by atoms with E-state index in [9.17, 15) is 9.59 Å². The standard InChI is InChI=1S/C10H19NO3/c1-3-5-7-11(8-12)9(6-4-2)10(13)14/h8-9H,3-7H2,1-2H3,(H,13,14). The first-order chi connectivity index (χ1) is 6.67. The van der Waals surface area contributed by atoms with E-state index in [0.29, 0.717) is 19.4 Å². The number of rotatable bonds is 8. The monoisotopic (exact) mass is 201 g/mol. The van der Waals surface area contributed by atoms with E-state index in [1.807, 2.05) is 13.8 Å². The van der Waals surface area contributed by atoms with Gasteiger partial charge in [0, 0.05) is 6.54 Å². The van der Waals surface area contributed by atoms with Crippen LogP contribution in [0.15, 0.2) is 0 Å². The van der Waals surface area contributed by atoms with E-state index in [1.165, 1.54) is 4.90 Å². The molecule has 0 bridgehead atoms. The van der Waals surface area contributed by atoms with Crippen LogP contribution in [0.4, 0.5) is 0 Å². The molecule has 0 aliphatic rings. The van der Waals surface area contributed by atoms with E-state index < -0.39 is 12.0 Å². The fourth-order valence-corrected chi connectivity index (χ4v) is 1.33. The van der Waals surface area contributed by atoms with E-state index in [2.05, 4.69) is 0 Å². The van der Waals surface area contributed by atoms with E-state index >= 15 is 0 Å². The molecule has 0 aromatic heterocycles. The highest BCUT2D eigenvalue weighted by Gasteiger charge is 2.22. The zero-order chi connectivity index (χ0) is 11.0. The molecule has 0 rings (SSSR count). The summed E-state index contributed by atoms with van der Waals surface area (Å²) in [5.41, 5.74) is 0. The van der Waals surface area contributed by atoms with Crippen LogP contribution < -0.4 is 0 Å². The van der Waals surface area contributed by atoms with Crippen molar-refractivity contribution in [3.63, 3.8) is 0 Å². The van der Waals surface area contributed by atoms with Gasteiger partial charge < -0.3 is 10.0 Å². The second kappa shape index (κ2) is 7.35. The van der Waals surface area contributed by atoms with Gasteiger partial charge in [-0.3, -0.25) is 4.79 Å². The summed E-state index contributed by atoms with van der Waals surface area (Å²) in [5.74, 6) is -0.907. The average molecular weight is 201 g/mol. The molecule has 1 unspecified atom stereocenters. The van der Waals surface area contributed by atoms with Crippen LogP contribution in [-0.4, -0.2) is 35.0 Å². The van der Waals surface area contributed by atoms with Gasteiger partial charge in [-0.05, 0) is 12.8 Å². The lowest BCUT2D eigenvalue weighted by atomic mass is 10.1. The molecule has 0 aliphatic carbocycles. The van der Waals surface area contributed by atoms with Gasteiger partial charge in [0.25, 0.3) is 0 Å². The Morgan fingerprint density at radius 2 is 2.07 bits per heavy atom. The number of amides is 1. The number of carbonyl (C=O) groups excluding carboxylic acids is 1. The lowest BCUT2D eigenvalue weighted by Crippen LogP contribution is -2.40. The lowest BCUT2D eigenvalue weighted by molar-refractivity contribution is -0.146. The Kier molecular flexibility index (Phi) is 6.80. The molecule has 1 N–H and O–H groups in total. The maximum absolute atomic E-state index is 10.9. The second-order valence-electron chi connectivity index (χ2n) is 3.34. The van der Waals surface area contributed by atoms with Gasteiger partial charge in [0.15, 0.2) is 0 Å². The predicted molar refractivity (Wildman–Crippen MR) is 54.0 cm³/mol. The normalized spacial score (nSPS) is 12.1. The van der Waals surface area contributed by atoms with Crippen molar-refractivity contribution in [2.75, 3.05) is 6.54 Å². The van der Waals surface area contributed by atoms with Gasteiger partial charge in [-0.25, -0.2) is 4.79 Å². The van der Waals surface area contributed by atoms with Gasteiger partial charge in [-0.15, -0.1) is 0 Å². The van der Waals surface area contributed by atoms with E-state index in [0.717, 1.165) is 19.3 Å². The largest absolute Gasteiger partial charge is 0.480 e. The average Bonchev–Trinajstić information content (AvgIpc) is 2.17. The Morgan fingerprint density at radius 3 is 2.43 bits per heavy atom. The maximum atomic E-state index is 10.9. The minimum Gasteiger partial charge on any atom is -0.480 e. The topological polar surface area (TPSA) is 57.6 Å². The Bertz CT molecular complexity index is 182. The highest BCUT2D eigenvalue weighted by atomic mass is 16.4. The molecule has 0 aromatic rings. The Labute approximate surface area is 84.9 Å². The Balaban J connectivity index is 4.25. The van der Waals surface area contributed by atoms with Crippen molar-refractivity contribution in [2.45, 2.75) is 45.6 Å². The molecule has 4 nitrogen and oxygen atoms in total. The summed E-state index contributed by atoms with van der Waals surface area (Å²) in [6, 6.07) is -0.649. The number of nitrogens with zero attached hydrogens (tertiary/aromatic N) is 1. The van der Waals surface area contributed by atoms with Crippen LogP contribution in [0.2, 0.25) is 0 Å². The molecule has 0 fully saturated rings. The third-order valence-electron chi connectivity index (χ3n) is 2.15. The molecule has 0 saturated carbocycles. The third kappa shape index (κ3) is 4.25. The molecule has 1 amide bonds. The molecule has 14 heavy (non-hydrogen) atoms. The third-order valence-corrected chi connectivity index (χ3v) is 2.15. The van der Waals surface area contributed by atoms with Crippen LogP contribution in [0.25, 0.3) is 0 Å². The molecular formula is C10H19NO3. The van der Waals surface area contributed by atoms with Gasteiger partial charge >= 0.3 is 5.97 Å². The lowest BCUT2D eigenvalue weighted by Gasteiger charge is -2.24. The molecule has 1 atom stereocenters. The number of carboxylic acids is 1. The Hall–Kier alpha value is -1.06. The SMILES string of the molecule is CCCCN(C=O)C(CCC)C(=O)O. The number of carbonyl (C=O) groups is 2. The first-order valence-electron chi connectivity index (χ1n) is 5.11. The zero-order valence-electron chi connectivity index (χ0n) is 8.90. The number of hydrogen-bond donors (Lipinski definition) is 1. The smallest absolute Gasteiger partial charge is 0.326 e. The van der Waals surface area contributed by atoms with Crippen molar-refractivity contribution in [1.82, 2.24) is 4.90 Å². The van der Waals surface area contributed by atoms with Crippen molar-refractivity contribution >= 4 is 12.4 Å². The van der Waals surface area contributed by atoms with Crippen molar-refractivity contribution in [3.05, 3.63) is 0 Å². The molecule has 0 aromatic carbocycles. The zero-order valence-corrected chi connectivity index (χ0v) is 8.90. The van der Waals surface area contributed by atoms with Gasteiger partial charge in [-0.2, -0.15) is 0 Å². The summed E-state index contributed by atoms with van der Waals surface area (Å²) >= 11 is 0. The molecule has 4 heteroatoms. The van der Waals surface area contributed by atoms with Crippen LogP contribution in [0.5, 0.6) is 0 Å². The van der Waals surface area contributed by atoms with Crippen molar-refractivity contribution in [1.29, 1.82) is 0 Å². The van der Waals surface area contributed by atoms with Gasteiger partial charge in [0.05, 0.1) is 0 Å². The van der Waals surface area contributed by atoms with Crippen LogP contribution >= 0.6 is 0 Å². The molecule has 0 aliphatic heterocycles. The van der Waals surface area contributed by atoms with E-state index in [4.69, 9.17) is 5.11 Å². The summed E-state index contributed by atoms with van der Waals surface area (Å²) in [4.78, 5) is 22.9. The summed E-state index contributed by atoms with van der Waals surface area (Å²) in [6.07, 6.45) is 3.75. The molecule has 0 radical (unpaired) electrons. The van der Waals surface area contributed by atoms with Crippen molar-refractivity contribution < 1.29 is 14.7 Å². The van der Waals surface area contributed by atoms with Crippen LogP contribution in [0.1, 0.15) is 39.5 Å². The Morgan fingerprint density at radius 1 is 1.43 bits per heavy atom. The minimum atomic E-state index is -0.907. The molecular weight excluding hydrogens is 182 g/mol. The second-order valence-corrected chi connectivity index (χ2v) is 3.34. The van der Waals surface area contributed by atoms with Gasteiger partial charge in [0.2, 0.25) is 6.41 Å². The first-order valence-corrected chi connectivity index (χ1v) is 5.11. The van der Waals surface area contributed by atoms with Crippen LogP contribution in [-0.2, 0) is 9.59 Å². The highest BCUT2D eigenvalue weighted by molar-refractivity contribution is 5.76. The van der Waals surface area contributed by atoms with Gasteiger partial charge in [0.1, 0.15) is 6.04 Å². The highest BCUT2D eigenvalue weighted by Crippen LogP contribution is 2.07. The van der Waals surface area contributed by atoms with Crippen molar-refractivity contribution in [3.8, 4) is 0 Å². The maximum Gasteiger partial charge on any atom is 0.326 e. The number of hydrogen-bond acceptors (Lipinski definition) is 2. The fraction of sp³-hybridized carbons (Fsp3) is 0.800. The summed E-state index contributed by atoms with van der Waals surface area (Å²) < 4.78 is 0. The molecule has 0 saturated heterocycles. The van der Waals surface area contributed by atoms with Crippen LogP contribution in [0, 0.1) is 0 Å². The molecule has 82 valence electrons. The van der Waals surface area contributed by atoms with Gasteiger partial charge in [-0.1, -0.05) is 26.7 Å². The first kappa shape index (κ1) is 12.9. The number of unbranched alkanes of at least 4 members (excludes halogenated alkanes) is 1. The quantitative estimate of drug-likeness (QED) is 0.605. The van der Waals surface area contributed by atoms with E-state index in [-0.39, 0.29) is 0 Å². The van der Waals surface area contributed by atoms with E-state index in [1.54, 1.807) is 0 Å². The molecule has 0 heterocycles. The van der Waals surface area contributed by atoms with Crippen molar-refractivity contribution in [2.24, 2.45) is 0 Å². The predicted octanol–water partition coefficient (Wildman–Crippen LogP) is 1.50. The van der Waals surface area contributed by atoms with Crippen LogP contribution in [0.3, 0.4) is 0 Å². The molecule has 0 spiro atoms. The summed E-state index contributed by atoms with van der Waals surface area (Å²) in [7, 11) is 0. The minimum absolute atomic E-state index is 0.526.